The summed E-state index contributed by atoms with van der Waals surface area (Å²) in [6.45, 7) is 1.79. The molecule has 19 heavy (non-hydrogen) atoms. The fourth-order valence-electron chi connectivity index (χ4n) is 1.69. The number of urea groups is 1. The zero-order chi connectivity index (χ0) is 14.1. The molecule has 5 heteroatoms. The number of benzene rings is 1. The van der Waals surface area contributed by atoms with E-state index in [1.54, 1.807) is 25.1 Å². The summed E-state index contributed by atoms with van der Waals surface area (Å²) in [5.41, 5.74) is 0.877. The summed E-state index contributed by atoms with van der Waals surface area (Å²) in [4.78, 5) is 13.3. The molecule has 1 N–H and O–H groups in total. The molecule has 0 aromatic heterocycles. The van der Waals surface area contributed by atoms with Crippen molar-refractivity contribution in [3.63, 3.8) is 0 Å². The summed E-state index contributed by atoms with van der Waals surface area (Å²) in [5.74, 6) is -0.250. The maximum absolute atomic E-state index is 12.9. The first kappa shape index (κ1) is 15.4. The monoisotopic (exact) mass is 268 g/mol. The van der Waals surface area contributed by atoms with Crippen molar-refractivity contribution < 1.29 is 13.9 Å². The molecule has 0 bridgehead atoms. The molecule has 4 nitrogen and oxygen atoms in total. The van der Waals surface area contributed by atoms with Crippen LogP contribution in [0.15, 0.2) is 24.3 Å². The molecule has 0 aliphatic carbocycles. The molecule has 0 heterocycles. The van der Waals surface area contributed by atoms with E-state index in [-0.39, 0.29) is 11.8 Å². The minimum Gasteiger partial charge on any atom is -0.385 e. The average Bonchev–Trinajstić information content (AvgIpc) is 2.39. The molecule has 2 amide bonds. The zero-order valence-electron chi connectivity index (χ0n) is 11.5. The van der Waals surface area contributed by atoms with Gasteiger partial charge < -0.3 is 15.0 Å². The fraction of sp³-hybridized carbons (Fsp3) is 0.500. The Hall–Kier alpha value is -1.62. The summed E-state index contributed by atoms with van der Waals surface area (Å²) in [7, 11) is 3.38. The lowest BCUT2D eigenvalue weighted by molar-refractivity contribution is 0.175. The number of ether oxygens (including phenoxy) is 1. The van der Waals surface area contributed by atoms with E-state index in [9.17, 15) is 9.18 Å². The number of methoxy groups -OCH3 is 1. The van der Waals surface area contributed by atoms with E-state index >= 15 is 0 Å². The highest BCUT2D eigenvalue weighted by molar-refractivity contribution is 5.73. The predicted octanol–water partition coefficient (Wildman–Crippen LogP) is 2.05. The number of nitrogens with zero attached hydrogens (tertiary/aromatic N) is 1. The first-order valence-corrected chi connectivity index (χ1v) is 6.36. The second kappa shape index (κ2) is 8.48. The van der Waals surface area contributed by atoms with Crippen LogP contribution < -0.4 is 5.32 Å². The molecule has 0 aliphatic rings. The Balaban J connectivity index is 2.23. The summed E-state index contributed by atoms with van der Waals surface area (Å²) >= 11 is 0. The van der Waals surface area contributed by atoms with E-state index in [2.05, 4.69) is 5.32 Å². The van der Waals surface area contributed by atoms with Crippen molar-refractivity contribution in [1.29, 1.82) is 0 Å². The van der Waals surface area contributed by atoms with Crippen molar-refractivity contribution in [2.45, 2.75) is 12.8 Å². The van der Waals surface area contributed by atoms with Crippen LogP contribution >= 0.6 is 0 Å². The number of carbonyl (C=O) groups excluding carboxylic acids is 1. The quantitative estimate of drug-likeness (QED) is 0.769. The van der Waals surface area contributed by atoms with Crippen LogP contribution in [0.2, 0.25) is 0 Å². The number of hydrogen-bond donors (Lipinski definition) is 1. The molecule has 1 rings (SSSR count). The second-order valence-corrected chi connectivity index (χ2v) is 4.38. The van der Waals surface area contributed by atoms with Crippen LogP contribution in [0, 0.1) is 5.82 Å². The Morgan fingerprint density at radius 1 is 1.47 bits per heavy atom. The summed E-state index contributed by atoms with van der Waals surface area (Å²) in [6, 6.07) is 6.29. The van der Waals surface area contributed by atoms with Crippen LogP contribution in [0.3, 0.4) is 0 Å². The molecule has 0 unspecified atom stereocenters. The van der Waals surface area contributed by atoms with Gasteiger partial charge >= 0.3 is 6.03 Å². The van der Waals surface area contributed by atoms with Crippen molar-refractivity contribution in [3.8, 4) is 0 Å². The van der Waals surface area contributed by atoms with Gasteiger partial charge in [0.2, 0.25) is 0 Å². The number of amides is 2. The van der Waals surface area contributed by atoms with E-state index < -0.39 is 0 Å². The standard InChI is InChI=1S/C14H21FN2O2/c1-17(9-4-10-19-2)14(18)16-8-7-12-5-3-6-13(15)11-12/h3,5-6,11H,4,7-10H2,1-2H3,(H,16,18). The van der Waals surface area contributed by atoms with Gasteiger partial charge in [-0.25, -0.2) is 9.18 Å². The Bertz CT molecular complexity index is 399. The second-order valence-electron chi connectivity index (χ2n) is 4.38. The van der Waals surface area contributed by atoms with Gasteiger partial charge in [-0.15, -0.1) is 0 Å². The van der Waals surface area contributed by atoms with Crippen LogP contribution in [0.4, 0.5) is 9.18 Å². The number of rotatable bonds is 7. The molecule has 0 aliphatic heterocycles. The van der Waals surface area contributed by atoms with Gasteiger partial charge in [0, 0.05) is 33.9 Å². The van der Waals surface area contributed by atoms with Gasteiger partial charge in [0.05, 0.1) is 0 Å². The van der Waals surface area contributed by atoms with Gasteiger partial charge in [-0.3, -0.25) is 0 Å². The third kappa shape index (κ3) is 6.20. The highest BCUT2D eigenvalue weighted by atomic mass is 19.1. The Morgan fingerprint density at radius 2 is 2.26 bits per heavy atom. The van der Waals surface area contributed by atoms with Gasteiger partial charge in [-0.05, 0) is 30.5 Å². The molecule has 0 radical (unpaired) electrons. The Kier molecular flexibility index (Phi) is 6.89. The van der Waals surface area contributed by atoms with Crippen LogP contribution in [0.25, 0.3) is 0 Å². The Morgan fingerprint density at radius 3 is 2.95 bits per heavy atom. The van der Waals surface area contributed by atoms with E-state index in [1.165, 1.54) is 12.1 Å². The highest BCUT2D eigenvalue weighted by Crippen LogP contribution is 2.03. The lowest BCUT2D eigenvalue weighted by atomic mass is 10.1. The van der Waals surface area contributed by atoms with Gasteiger partial charge in [-0.2, -0.15) is 0 Å². The number of halogens is 1. The molecule has 106 valence electrons. The summed E-state index contributed by atoms with van der Waals surface area (Å²) in [5, 5.41) is 2.80. The van der Waals surface area contributed by atoms with Crippen LogP contribution in [0.5, 0.6) is 0 Å². The number of nitrogens with one attached hydrogen (secondary N) is 1. The smallest absolute Gasteiger partial charge is 0.317 e. The molecular formula is C14H21FN2O2. The van der Waals surface area contributed by atoms with Crippen LogP contribution in [-0.2, 0) is 11.2 Å². The van der Waals surface area contributed by atoms with Gasteiger partial charge in [0.25, 0.3) is 0 Å². The Labute approximate surface area is 113 Å². The third-order valence-electron chi connectivity index (χ3n) is 2.77. The number of carbonyl (C=O) groups is 1. The predicted molar refractivity (Wildman–Crippen MR) is 72.6 cm³/mol. The molecule has 0 atom stereocenters. The van der Waals surface area contributed by atoms with Crippen molar-refractivity contribution >= 4 is 6.03 Å². The number of hydrogen-bond acceptors (Lipinski definition) is 2. The molecule has 0 fully saturated rings. The van der Waals surface area contributed by atoms with Crippen molar-refractivity contribution in [2.24, 2.45) is 0 Å². The minimum absolute atomic E-state index is 0.118. The maximum Gasteiger partial charge on any atom is 0.317 e. The highest BCUT2D eigenvalue weighted by Gasteiger charge is 2.06. The van der Waals surface area contributed by atoms with E-state index in [1.807, 2.05) is 6.07 Å². The molecule has 0 saturated heterocycles. The maximum atomic E-state index is 12.9. The lowest BCUT2D eigenvalue weighted by Gasteiger charge is -2.17. The first-order chi connectivity index (χ1) is 9.13. The van der Waals surface area contributed by atoms with Gasteiger partial charge in [0.15, 0.2) is 0 Å². The zero-order valence-corrected chi connectivity index (χ0v) is 11.5. The van der Waals surface area contributed by atoms with Crippen molar-refractivity contribution in [3.05, 3.63) is 35.6 Å². The minimum atomic E-state index is -0.250. The van der Waals surface area contributed by atoms with E-state index in [4.69, 9.17) is 4.74 Å². The molecule has 1 aromatic rings. The third-order valence-corrected chi connectivity index (χ3v) is 2.77. The normalized spacial score (nSPS) is 10.3. The van der Waals surface area contributed by atoms with Gasteiger partial charge in [-0.1, -0.05) is 12.1 Å². The average molecular weight is 268 g/mol. The van der Waals surface area contributed by atoms with Crippen molar-refractivity contribution in [2.75, 3.05) is 33.9 Å². The molecule has 1 aromatic carbocycles. The molecule has 0 spiro atoms. The summed E-state index contributed by atoms with van der Waals surface area (Å²) < 4.78 is 17.9. The first-order valence-electron chi connectivity index (χ1n) is 6.36. The lowest BCUT2D eigenvalue weighted by Crippen LogP contribution is -2.38. The summed E-state index contributed by atoms with van der Waals surface area (Å²) in [6.07, 6.45) is 1.43. The van der Waals surface area contributed by atoms with Crippen LogP contribution in [-0.4, -0.2) is 44.8 Å². The molecule has 0 saturated carbocycles. The van der Waals surface area contributed by atoms with Crippen LogP contribution in [0.1, 0.15) is 12.0 Å². The van der Waals surface area contributed by atoms with Gasteiger partial charge in [0.1, 0.15) is 5.82 Å². The van der Waals surface area contributed by atoms with E-state index in [0.29, 0.717) is 26.1 Å². The van der Waals surface area contributed by atoms with E-state index in [0.717, 1.165) is 12.0 Å². The molecular weight excluding hydrogens is 247 g/mol. The van der Waals surface area contributed by atoms with Crippen molar-refractivity contribution in [1.82, 2.24) is 10.2 Å². The SMILES string of the molecule is COCCCN(C)C(=O)NCCc1cccc(F)c1. The largest absolute Gasteiger partial charge is 0.385 e. The fourth-order valence-corrected chi connectivity index (χ4v) is 1.69. The topological polar surface area (TPSA) is 41.6 Å².